The first-order valence-corrected chi connectivity index (χ1v) is 14.4. The summed E-state index contributed by atoms with van der Waals surface area (Å²) >= 11 is 0. The fourth-order valence-electron chi connectivity index (χ4n) is 4.24. The molecule has 0 saturated carbocycles. The van der Waals surface area contributed by atoms with Gasteiger partial charge in [-0.3, -0.25) is 9.59 Å². The van der Waals surface area contributed by atoms with Gasteiger partial charge >= 0.3 is 11.9 Å². The smallest absolute Gasteiger partial charge is 0.305 e. The Morgan fingerprint density at radius 2 is 1.12 bits per heavy atom. The van der Waals surface area contributed by atoms with Crippen molar-refractivity contribution < 1.29 is 19.4 Å². The number of nitrogens with two attached hydrogens (primary N) is 1. The van der Waals surface area contributed by atoms with Crippen LogP contribution in [0, 0.1) is 0 Å². The Bertz CT molecular complexity index is 460. The number of hydrogen-bond acceptors (Lipinski definition) is 5. The molecule has 0 aliphatic rings. The second-order valence-corrected chi connectivity index (χ2v) is 9.75. The topological polar surface area (TPSA) is 92.9 Å². The van der Waals surface area contributed by atoms with Crippen molar-refractivity contribution in [2.45, 2.75) is 135 Å². The minimum atomic E-state index is -0.688. The van der Waals surface area contributed by atoms with Crippen LogP contribution in [0.4, 0.5) is 0 Å². The lowest BCUT2D eigenvalue weighted by Crippen LogP contribution is -2.28. The van der Waals surface area contributed by atoms with Crippen molar-refractivity contribution in [2.24, 2.45) is 5.73 Å². The first-order chi connectivity index (χ1) is 16.6. The molecule has 202 valence electrons. The number of aliphatic carboxylic acids is 1. The molecule has 0 amide bonds. The van der Waals surface area contributed by atoms with E-state index in [0.717, 1.165) is 71.1 Å². The number of carboxylic acids is 1. The minimum Gasteiger partial charge on any atom is -0.481 e. The standard InChI is InChI=1S/C28H56N2O4/c1-2-3-4-5-6-13-18-26-34-28(33)21-15-10-8-12-17-24-30(25-19-22-29)23-16-11-7-9-14-20-27(31)32/h2-26,29H2,1H3,(H,31,32). The number of unbranched alkanes of at least 4 members (excludes halogenated alkanes) is 14. The maximum Gasteiger partial charge on any atom is 0.305 e. The van der Waals surface area contributed by atoms with Gasteiger partial charge in [-0.05, 0) is 64.7 Å². The van der Waals surface area contributed by atoms with Crippen LogP contribution < -0.4 is 5.73 Å². The zero-order chi connectivity index (χ0) is 25.1. The lowest BCUT2D eigenvalue weighted by molar-refractivity contribution is -0.144. The molecule has 0 atom stereocenters. The van der Waals surface area contributed by atoms with Crippen molar-refractivity contribution in [2.75, 3.05) is 32.8 Å². The predicted molar refractivity (Wildman–Crippen MR) is 142 cm³/mol. The molecule has 0 aliphatic carbocycles. The van der Waals surface area contributed by atoms with Gasteiger partial charge < -0.3 is 20.5 Å². The fraction of sp³-hybridized carbons (Fsp3) is 0.929. The molecule has 0 rings (SSSR count). The van der Waals surface area contributed by atoms with Gasteiger partial charge in [0.15, 0.2) is 0 Å². The summed E-state index contributed by atoms with van der Waals surface area (Å²) in [5.74, 6) is -0.714. The van der Waals surface area contributed by atoms with Gasteiger partial charge in [0.25, 0.3) is 0 Å². The summed E-state index contributed by atoms with van der Waals surface area (Å²) in [6.07, 6.45) is 21.5. The Labute approximate surface area is 210 Å². The van der Waals surface area contributed by atoms with Gasteiger partial charge in [0.1, 0.15) is 0 Å². The summed E-state index contributed by atoms with van der Waals surface area (Å²) in [7, 11) is 0. The highest BCUT2D eigenvalue weighted by Crippen LogP contribution is 2.11. The average molecular weight is 485 g/mol. The van der Waals surface area contributed by atoms with Crippen molar-refractivity contribution in [1.82, 2.24) is 4.90 Å². The van der Waals surface area contributed by atoms with Crippen LogP contribution in [0.1, 0.15) is 135 Å². The molecule has 0 saturated heterocycles. The summed E-state index contributed by atoms with van der Waals surface area (Å²) in [5, 5.41) is 8.68. The molecule has 0 aromatic carbocycles. The van der Waals surface area contributed by atoms with Crippen LogP contribution in [0.2, 0.25) is 0 Å². The van der Waals surface area contributed by atoms with E-state index in [9.17, 15) is 9.59 Å². The molecule has 0 fully saturated rings. The second kappa shape index (κ2) is 26.5. The number of hydrogen-bond donors (Lipinski definition) is 2. The Kier molecular flexibility index (Phi) is 25.6. The van der Waals surface area contributed by atoms with Gasteiger partial charge in [0.2, 0.25) is 0 Å². The van der Waals surface area contributed by atoms with Crippen LogP contribution >= 0.6 is 0 Å². The van der Waals surface area contributed by atoms with E-state index >= 15 is 0 Å². The van der Waals surface area contributed by atoms with Crippen LogP contribution in [0.25, 0.3) is 0 Å². The van der Waals surface area contributed by atoms with Crippen molar-refractivity contribution >= 4 is 11.9 Å². The van der Waals surface area contributed by atoms with Gasteiger partial charge in [-0.15, -0.1) is 0 Å². The van der Waals surface area contributed by atoms with Crippen LogP contribution in [0.15, 0.2) is 0 Å². The van der Waals surface area contributed by atoms with Crippen molar-refractivity contribution in [1.29, 1.82) is 0 Å². The predicted octanol–water partition coefficient (Wildman–Crippen LogP) is 6.70. The van der Waals surface area contributed by atoms with Crippen LogP contribution in [0.5, 0.6) is 0 Å². The first kappa shape index (κ1) is 32.9. The van der Waals surface area contributed by atoms with E-state index in [4.69, 9.17) is 15.6 Å². The summed E-state index contributed by atoms with van der Waals surface area (Å²) in [6.45, 7) is 6.87. The quantitative estimate of drug-likeness (QED) is 0.0995. The maximum absolute atomic E-state index is 11.8. The van der Waals surface area contributed by atoms with Crippen LogP contribution in [-0.4, -0.2) is 54.7 Å². The summed E-state index contributed by atoms with van der Waals surface area (Å²) in [6, 6.07) is 0. The molecule has 0 aromatic heterocycles. The van der Waals surface area contributed by atoms with Gasteiger partial charge in [-0.1, -0.05) is 84.0 Å². The van der Waals surface area contributed by atoms with E-state index in [1.165, 1.54) is 70.6 Å². The SMILES string of the molecule is CCCCCCCCCOC(=O)CCCCCCCN(CCCN)CCCCCCCC(=O)O. The van der Waals surface area contributed by atoms with Gasteiger partial charge in [0.05, 0.1) is 6.61 Å². The number of carbonyl (C=O) groups is 2. The Morgan fingerprint density at radius 3 is 1.68 bits per heavy atom. The Balaban J connectivity index is 3.59. The fourth-order valence-corrected chi connectivity index (χ4v) is 4.24. The second-order valence-electron chi connectivity index (χ2n) is 9.75. The molecule has 0 aliphatic heterocycles. The molecule has 34 heavy (non-hydrogen) atoms. The lowest BCUT2D eigenvalue weighted by atomic mass is 10.1. The molecule has 3 N–H and O–H groups in total. The molecule has 0 radical (unpaired) electrons. The number of nitrogens with zero attached hydrogens (tertiary/aromatic N) is 1. The molecular formula is C28H56N2O4. The van der Waals surface area contributed by atoms with E-state index in [2.05, 4.69) is 11.8 Å². The number of carboxylic acid groups (broad SMARTS) is 1. The minimum absolute atomic E-state index is 0.0260. The molecule has 6 nitrogen and oxygen atoms in total. The van der Waals surface area contributed by atoms with Gasteiger partial charge in [-0.25, -0.2) is 0 Å². The molecule has 0 heterocycles. The molecule has 0 bridgehead atoms. The largest absolute Gasteiger partial charge is 0.481 e. The zero-order valence-corrected chi connectivity index (χ0v) is 22.4. The Morgan fingerprint density at radius 1 is 0.647 bits per heavy atom. The molecule has 0 aromatic rings. The third-order valence-corrected chi connectivity index (χ3v) is 6.41. The summed E-state index contributed by atoms with van der Waals surface area (Å²) < 4.78 is 5.36. The van der Waals surface area contributed by atoms with E-state index < -0.39 is 5.97 Å². The third kappa shape index (κ3) is 25.5. The normalized spacial score (nSPS) is 11.3. The lowest BCUT2D eigenvalue weighted by Gasteiger charge is -2.22. The summed E-state index contributed by atoms with van der Waals surface area (Å²) in [4.78, 5) is 24.9. The number of esters is 1. The number of rotatable bonds is 27. The summed E-state index contributed by atoms with van der Waals surface area (Å²) in [5.41, 5.74) is 5.70. The Hall–Kier alpha value is -1.14. The van der Waals surface area contributed by atoms with Gasteiger partial charge in [-0.2, -0.15) is 0 Å². The third-order valence-electron chi connectivity index (χ3n) is 6.41. The van der Waals surface area contributed by atoms with Crippen molar-refractivity contribution in [3.05, 3.63) is 0 Å². The highest BCUT2D eigenvalue weighted by molar-refractivity contribution is 5.69. The highest BCUT2D eigenvalue weighted by atomic mass is 16.5. The highest BCUT2D eigenvalue weighted by Gasteiger charge is 2.06. The maximum atomic E-state index is 11.8. The zero-order valence-electron chi connectivity index (χ0n) is 22.4. The van der Waals surface area contributed by atoms with Crippen LogP contribution in [-0.2, 0) is 14.3 Å². The van der Waals surface area contributed by atoms with E-state index in [-0.39, 0.29) is 5.97 Å². The van der Waals surface area contributed by atoms with E-state index in [1.54, 1.807) is 0 Å². The number of ether oxygens (including phenoxy) is 1. The molecular weight excluding hydrogens is 428 g/mol. The molecule has 6 heteroatoms. The van der Waals surface area contributed by atoms with Gasteiger partial charge in [0, 0.05) is 12.8 Å². The number of carbonyl (C=O) groups excluding carboxylic acids is 1. The van der Waals surface area contributed by atoms with E-state index in [0.29, 0.717) is 19.4 Å². The average Bonchev–Trinajstić information content (AvgIpc) is 2.82. The monoisotopic (exact) mass is 484 g/mol. The molecule has 0 spiro atoms. The van der Waals surface area contributed by atoms with Crippen molar-refractivity contribution in [3.63, 3.8) is 0 Å². The first-order valence-electron chi connectivity index (χ1n) is 14.4. The molecule has 0 unspecified atom stereocenters. The van der Waals surface area contributed by atoms with E-state index in [1.807, 2.05) is 0 Å². The van der Waals surface area contributed by atoms with Crippen LogP contribution in [0.3, 0.4) is 0 Å². The van der Waals surface area contributed by atoms with Crippen molar-refractivity contribution in [3.8, 4) is 0 Å².